The fourth-order valence-electron chi connectivity index (χ4n) is 2.41. The number of rotatable bonds is 4. The van der Waals surface area contributed by atoms with E-state index in [1.54, 1.807) is 54.6 Å². The van der Waals surface area contributed by atoms with Crippen LogP contribution < -0.4 is 10.4 Å². The Kier molecular flexibility index (Phi) is 4.07. The van der Waals surface area contributed by atoms with Crippen molar-refractivity contribution in [1.29, 1.82) is 0 Å². The van der Waals surface area contributed by atoms with Crippen molar-refractivity contribution in [2.45, 2.75) is 6.92 Å². The van der Waals surface area contributed by atoms with Crippen LogP contribution in [0.4, 0.5) is 10.1 Å². The molecule has 6 nitrogen and oxygen atoms in total. The molecule has 0 fully saturated rings. The van der Waals surface area contributed by atoms with Crippen LogP contribution in [-0.4, -0.2) is 22.7 Å². The van der Waals surface area contributed by atoms with Crippen LogP contribution >= 0.6 is 0 Å². The molecule has 0 saturated heterocycles. The highest BCUT2D eigenvalue weighted by molar-refractivity contribution is 5.93. The largest absolute Gasteiger partial charge is 0.495 e. The molecule has 1 aromatic heterocycles. The van der Waals surface area contributed by atoms with E-state index >= 15 is 4.39 Å². The zero-order chi connectivity index (χ0) is 17.3. The van der Waals surface area contributed by atoms with Gasteiger partial charge in [-0.05, 0) is 6.07 Å². The molecule has 1 aliphatic rings. The van der Waals surface area contributed by atoms with Crippen molar-refractivity contribution in [3.8, 4) is 11.1 Å². The molecule has 0 amide bonds. The minimum atomic E-state index is -0.422. The smallest absolute Gasteiger partial charge is 0.177 e. The Bertz CT molecular complexity index is 854. The summed E-state index contributed by atoms with van der Waals surface area (Å²) < 4.78 is 21.8. The van der Waals surface area contributed by atoms with Crippen LogP contribution in [0.5, 0.6) is 0 Å². The number of hydrazine groups is 1. The third-order valence-corrected chi connectivity index (χ3v) is 3.65. The molecule has 7 heteroatoms. The number of aromatic nitrogens is 2. The zero-order valence-corrected chi connectivity index (χ0v) is 13.6. The van der Waals surface area contributed by atoms with Crippen molar-refractivity contribution < 1.29 is 13.9 Å². The zero-order valence-electron chi connectivity index (χ0n) is 13.6. The van der Waals surface area contributed by atoms with E-state index in [4.69, 9.17) is 4.74 Å². The van der Waals surface area contributed by atoms with Crippen LogP contribution in [0, 0.1) is 5.82 Å². The van der Waals surface area contributed by atoms with E-state index in [2.05, 4.69) is 10.5 Å². The van der Waals surface area contributed by atoms with Crippen LogP contribution in [0.1, 0.15) is 6.92 Å². The summed E-state index contributed by atoms with van der Waals surface area (Å²) >= 11 is 0. The molecule has 0 atom stereocenters. The molecule has 0 bridgehead atoms. The van der Waals surface area contributed by atoms with Crippen LogP contribution in [0.25, 0.3) is 11.1 Å². The van der Waals surface area contributed by atoms with Crippen molar-refractivity contribution >= 4 is 11.5 Å². The second-order valence-corrected chi connectivity index (χ2v) is 5.37. The van der Waals surface area contributed by atoms with Crippen molar-refractivity contribution in [3.05, 3.63) is 60.1 Å². The van der Waals surface area contributed by atoms with E-state index in [-0.39, 0.29) is 11.5 Å². The Morgan fingerprint density at radius 1 is 1.38 bits per heavy atom. The number of halogens is 1. The number of aryl methyl sites for hydroxylation is 1. The van der Waals surface area contributed by atoms with Gasteiger partial charge < -0.3 is 4.74 Å². The summed E-state index contributed by atoms with van der Waals surface area (Å²) in [6, 6.07) is 5.05. The fourth-order valence-corrected chi connectivity index (χ4v) is 2.41. The maximum absolute atomic E-state index is 15.0. The Balaban J connectivity index is 2.03. The summed E-state index contributed by atoms with van der Waals surface area (Å²) in [7, 11) is 3.26. The van der Waals surface area contributed by atoms with Gasteiger partial charge in [0.05, 0.1) is 25.2 Å². The second kappa shape index (κ2) is 6.19. The average Bonchev–Trinajstić information content (AvgIpc) is 3.00. The van der Waals surface area contributed by atoms with Gasteiger partial charge in [-0.2, -0.15) is 5.10 Å². The van der Waals surface area contributed by atoms with Gasteiger partial charge in [0.1, 0.15) is 11.5 Å². The quantitative estimate of drug-likeness (QED) is 0.934. The number of hydrogen-bond acceptors (Lipinski definition) is 5. The number of carbonyl (C=O) groups excluding carboxylic acids is 1. The van der Waals surface area contributed by atoms with Gasteiger partial charge in [-0.15, -0.1) is 0 Å². The van der Waals surface area contributed by atoms with Crippen LogP contribution in [-0.2, 0) is 16.6 Å². The number of nitrogens with zero attached hydrogens (tertiary/aromatic N) is 3. The molecule has 3 rings (SSSR count). The Morgan fingerprint density at radius 2 is 2.17 bits per heavy atom. The molecule has 1 aliphatic heterocycles. The lowest BCUT2D eigenvalue weighted by Crippen LogP contribution is -2.38. The Labute approximate surface area is 138 Å². The number of ether oxygens (including phenoxy) is 1. The van der Waals surface area contributed by atoms with Gasteiger partial charge in [0.15, 0.2) is 11.6 Å². The van der Waals surface area contributed by atoms with E-state index in [9.17, 15) is 4.79 Å². The molecule has 0 spiro atoms. The standard InChI is InChI=1S/C17H17FN4O2/c1-11(23)15-7-13(24-3)10-22(20-15)16-6-4-5-14(17(16)18)12-8-19-21(2)9-12/h4-10,20H,1-3H3. The number of hydrogen-bond donors (Lipinski definition) is 1. The lowest BCUT2D eigenvalue weighted by Gasteiger charge is -2.28. The van der Waals surface area contributed by atoms with E-state index in [1.165, 1.54) is 19.0 Å². The fraction of sp³-hybridized carbons (Fsp3) is 0.176. The molecular weight excluding hydrogens is 311 g/mol. The number of methoxy groups -OCH3 is 1. The summed E-state index contributed by atoms with van der Waals surface area (Å²) in [5.41, 5.74) is 4.58. The minimum absolute atomic E-state index is 0.175. The van der Waals surface area contributed by atoms with Crippen molar-refractivity contribution in [1.82, 2.24) is 15.2 Å². The highest BCUT2D eigenvalue weighted by Crippen LogP contribution is 2.30. The summed E-state index contributed by atoms with van der Waals surface area (Å²) in [4.78, 5) is 11.7. The van der Waals surface area contributed by atoms with Gasteiger partial charge in [0, 0.05) is 37.4 Å². The molecule has 1 aromatic carbocycles. The molecule has 1 N–H and O–H groups in total. The first-order valence-electron chi connectivity index (χ1n) is 7.31. The number of carbonyl (C=O) groups is 1. The molecule has 2 heterocycles. The van der Waals surface area contributed by atoms with Crippen LogP contribution in [0.2, 0.25) is 0 Å². The second-order valence-electron chi connectivity index (χ2n) is 5.37. The molecule has 2 aromatic rings. The first-order chi connectivity index (χ1) is 11.5. The SMILES string of the molecule is COC1=CN(c2cccc(-c3cnn(C)c3)c2F)NC(C(C)=O)=C1. The lowest BCUT2D eigenvalue weighted by molar-refractivity contribution is -0.114. The highest BCUT2D eigenvalue weighted by atomic mass is 19.1. The molecule has 124 valence electrons. The van der Waals surface area contributed by atoms with Crippen molar-refractivity contribution in [3.63, 3.8) is 0 Å². The van der Waals surface area contributed by atoms with E-state index in [1.807, 2.05) is 0 Å². The van der Waals surface area contributed by atoms with Crippen molar-refractivity contribution in [2.24, 2.45) is 7.05 Å². The Morgan fingerprint density at radius 3 is 2.79 bits per heavy atom. The van der Waals surface area contributed by atoms with E-state index < -0.39 is 5.82 Å². The van der Waals surface area contributed by atoms with Gasteiger partial charge in [-0.1, -0.05) is 12.1 Å². The van der Waals surface area contributed by atoms with Gasteiger partial charge >= 0.3 is 0 Å². The summed E-state index contributed by atoms with van der Waals surface area (Å²) in [6.45, 7) is 1.43. The monoisotopic (exact) mass is 328 g/mol. The number of anilines is 1. The maximum atomic E-state index is 15.0. The minimum Gasteiger partial charge on any atom is -0.495 e. The molecule has 0 unspecified atom stereocenters. The third kappa shape index (κ3) is 2.88. The van der Waals surface area contributed by atoms with Crippen molar-refractivity contribution in [2.75, 3.05) is 12.1 Å². The predicted octanol–water partition coefficient (Wildman–Crippen LogP) is 2.51. The molecule has 0 saturated carbocycles. The maximum Gasteiger partial charge on any atom is 0.177 e. The normalized spacial score (nSPS) is 13.9. The van der Waals surface area contributed by atoms with Gasteiger partial charge in [0.2, 0.25) is 0 Å². The topological polar surface area (TPSA) is 59.4 Å². The van der Waals surface area contributed by atoms with E-state index in [0.717, 1.165) is 0 Å². The average molecular weight is 328 g/mol. The highest BCUT2D eigenvalue weighted by Gasteiger charge is 2.21. The third-order valence-electron chi connectivity index (χ3n) is 3.65. The molecule has 0 aliphatic carbocycles. The van der Waals surface area contributed by atoms with Gasteiger partial charge in [-0.3, -0.25) is 19.9 Å². The predicted molar refractivity (Wildman–Crippen MR) is 88.1 cm³/mol. The molecule has 24 heavy (non-hydrogen) atoms. The van der Waals surface area contributed by atoms with Crippen LogP contribution in [0.3, 0.4) is 0 Å². The van der Waals surface area contributed by atoms with E-state index in [0.29, 0.717) is 22.6 Å². The summed E-state index contributed by atoms with van der Waals surface area (Å²) in [6.07, 6.45) is 6.49. The first kappa shape index (κ1) is 15.8. The van der Waals surface area contributed by atoms with Gasteiger partial charge in [0.25, 0.3) is 0 Å². The van der Waals surface area contributed by atoms with Crippen LogP contribution in [0.15, 0.2) is 54.3 Å². The first-order valence-corrected chi connectivity index (χ1v) is 7.31. The van der Waals surface area contributed by atoms with Gasteiger partial charge in [-0.25, -0.2) is 4.39 Å². The summed E-state index contributed by atoms with van der Waals surface area (Å²) in [5, 5.41) is 5.51. The lowest BCUT2D eigenvalue weighted by atomic mass is 10.1. The number of Topliss-reactive ketones (excluding diaryl/α,β-unsaturated/α-hetero) is 1. The number of ketones is 1. The summed E-state index contributed by atoms with van der Waals surface area (Å²) in [5.74, 6) is -0.147. The number of benzene rings is 1. The molecule has 0 radical (unpaired) electrons. The number of allylic oxidation sites excluding steroid dienone is 2. The Hall–Kier alpha value is -3.09. The number of nitrogens with one attached hydrogen (secondary N) is 1. The molecular formula is C17H17FN4O2.